The molecule has 4 aromatic rings. The first-order valence-corrected chi connectivity index (χ1v) is 10.9. The summed E-state index contributed by atoms with van der Waals surface area (Å²) in [5.41, 5.74) is 9.68. The summed E-state index contributed by atoms with van der Waals surface area (Å²) in [6, 6.07) is 9.38. The lowest BCUT2D eigenvalue weighted by atomic mass is 10.1. The van der Waals surface area contributed by atoms with E-state index >= 15 is 0 Å². The fourth-order valence-corrected chi connectivity index (χ4v) is 5.59. The van der Waals surface area contributed by atoms with Gasteiger partial charge in [-0.1, -0.05) is 6.07 Å². The van der Waals surface area contributed by atoms with Gasteiger partial charge >= 0.3 is 0 Å². The molecule has 8 heteroatoms. The molecule has 4 aromatic heterocycles. The predicted molar refractivity (Wildman–Crippen MR) is 117 cm³/mol. The van der Waals surface area contributed by atoms with Gasteiger partial charge in [-0.15, -0.1) is 22.7 Å². The monoisotopic (exact) mass is 422 g/mol. The van der Waals surface area contributed by atoms with Gasteiger partial charge in [-0.2, -0.15) is 5.10 Å². The number of pyridine rings is 1. The summed E-state index contributed by atoms with van der Waals surface area (Å²) >= 11 is 2.93. The van der Waals surface area contributed by atoms with Crippen LogP contribution in [0.2, 0.25) is 0 Å². The summed E-state index contributed by atoms with van der Waals surface area (Å²) in [6.45, 7) is 3.93. The third-order valence-corrected chi connectivity index (χ3v) is 7.02. The van der Waals surface area contributed by atoms with Crippen molar-refractivity contribution in [1.82, 2.24) is 9.99 Å². The number of furan rings is 1. The highest BCUT2D eigenvalue weighted by molar-refractivity contribution is 7.21. The normalized spacial score (nSPS) is 16.6. The molecule has 146 valence electrons. The molecule has 1 atom stereocenters. The Balaban J connectivity index is 1.60. The van der Waals surface area contributed by atoms with E-state index in [0.29, 0.717) is 22.7 Å². The van der Waals surface area contributed by atoms with Crippen LogP contribution in [0.5, 0.6) is 0 Å². The maximum absolute atomic E-state index is 13.5. The SMILES string of the molecule is Cc1cc(C)c2c(N)c(C(=O)N3N=C(c4cccs4)C[C@@H]3c3ccco3)sc2n1. The van der Waals surface area contributed by atoms with Gasteiger partial charge in [0.15, 0.2) is 0 Å². The lowest BCUT2D eigenvalue weighted by molar-refractivity contribution is 0.0699. The number of carbonyl (C=O) groups excluding carboxylic acids is 1. The van der Waals surface area contributed by atoms with Crippen LogP contribution < -0.4 is 5.73 Å². The highest BCUT2D eigenvalue weighted by Gasteiger charge is 2.37. The molecule has 0 saturated carbocycles. The number of anilines is 1. The molecule has 2 N–H and O–H groups in total. The minimum absolute atomic E-state index is 0.226. The Bertz CT molecular complexity index is 1240. The van der Waals surface area contributed by atoms with Gasteiger partial charge < -0.3 is 10.2 Å². The van der Waals surface area contributed by atoms with Crippen LogP contribution in [0.4, 0.5) is 5.69 Å². The van der Waals surface area contributed by atoms with E-state index in [9.17, 15) is 4.79 Å². The minimum Gasteiger partial charge on any atom is -0.467 e. The van der Waals surface area contributed by atoms with Crippen LogP contribution >= 0.6 is 22.7 Å². The second kappa shape index (κ2) is 6.82. The van der Waals surface area contributed by atoms with Crippen LogP contribution in [0.3, 0.4) is 0 Å². The molecule has 29 heavy (non-hydrogen) atoms. The van der Waals surface area contributed by atoms with E-state index in [0.717, 1.165) is 32.1 Å². The van der Waals surface area contributed by atoms with Gasteiger partial charge in [0, 0.05) is 17.5 Å². The lowest BCUT2D eigenvalue weighted by Gasteiger charge is -2.19. The predicted octanol–water partition coefficient (Wildman–Crippen LogP) is 5.14. The summed E-state index contributed by atoms with van der Waals surface area (Å²) in [7, 11) is 0. The second-order valence-electron chi connectivity index (χ2n) is 7.01. The van der Waals surface area contributed by atoms with Crippen LogP contribution in [-0.4, -0.2) is 21.6 Å². The number of nitrogens with two attached hydrogens (primary N) is 1. The van der Waals surface area contributed by atoms with E-state index in [1.54, 1.807) is 17.6 Å². The lowest BCUT2D eigenvalue weighted by Crippen LogP contribution is -2.26. The van der Waals surface area contributed by atoms with Gasteiger partial charge in [-0.25, -0.2) is 9.99 Å². The topological polar surface area (TPSA) is 84.7 Å². The van der Waals surface area contributed by atoms with Crippen LogP contribution in [0.15, 0.2) is 51.5 Å². The highest BCUT2D eigenvalue weighted by Crippen LogP contribution is 2.40. The van der Waals surface area contributed by atoms with Crippen LogP contribution in [-0.2, 0) is 0 Å². The smallest absolute Gasteiger partial charge is 0.286 e. The fraction of sp³-hybridized carbons (Fsp3) is 0.190. The van der Waals surface area contributed by atoms with Crippen molar-refractivity contribution in [2.24, 2.45) is 5.10 Å². The molecule has 5 heterocycles. The third kappa shape index (κ3) is 2.95. The zero-order chi connectivity index (χ0) is 20.1. The number of carbonyl (C=O) groups is 1. The van der Waals surface area contributed by atoms with Crippen molar-refractivity contribution >= 4 is 50.2 Å². The molecule has 0 saturated heterocycles. The summed E-state index contributed by atoms with van der Waals surface area (Å²) in [5, 5.41) is 9.04. The number of hydrogen-bond acceptors (Lipinski definition) is 7. The minimum atomic E-state index is -0.296. The average Bonchev–Trinajstić information content (AvgIpc) is 3.46. The Morgan fingerprint density at radius 2 is 2.17 bits per heavy atom. The number of thiophene rings is 2. The summed E-state index contributed by atoms with van der Waals surface area (Å²) < 4.78 is 5.62. The number of amides is 1. The fourth-order valence-electron chi connectivity index (χ4n) is 3.72. The van der Waals surface area contributed by atoms with Gasteiger partial charge in [0.1, 0.15) is 21.5 Å². The van der Waals surface area contributed by atoms with Gasteiger partial charge in [-0.05, 0) is 49.1 Å². The van der Waals surface area contributed by atoms with Crippen molar-refractivity contribution in [2.75, 3.05) is 5.73 Å². The van der Waals surface area contributed by atoms with Crippen molar-refractivity contribution in [3.8, 4) is 0 Å². The van der Waals surface area contributed by atoms with E-state index < -0.39 is 0 Å². The molecule has 1 aliphatic rings. The van der Waals surface area contributed by atoms with Crippen LogP contribution in [0.25, 0.3) is 10.2 Å². The second-order valence-corrected chi connectivity index (χ2v) is 8.96. The van der Waals surface area contributed by atoms with Crippen molar-refractivity contribution in [2.45, 2.75) is 26.3 Å². The number of aromatic nitrogens is 1. The maximum Gasteiger partial charge on any atom is 0.286 e. The number of rotatable bonds is 3. The average molecular weight is 423 g/mol. The maximum atomic E-state index is 13.5. The Kier molecular flexibility index (Phi) is 4.25. The summed E-state index contributed by atoms with van der Waals surface area (Å²) in [5.74, 6) is 0.481. The highest BCUT2D eigenvalue weighted by atomic mass is 32.1. The zero-order valence-electron chi connectivity index (χ0n) is 15.9. The van der Waals surface area contributed by atoms with E-state index in [4.69, 9.17) is 10.2 Å². The summed E-state index contributed by atoms with van der Waals surface area (Å²) in [6.07, 6.45) is 2.21. The first kappa shape index (κ1) is 18.1. The first-order valence-electron chi connectivity index (χ1n) is 9.17. The summed E-state index contributed by atoms with van der Waals surface area (Å²) in [4.78, 5) is 20.4. The molecule has 0 aromatic carbocycles. The van der Waals surface area contributed by atoms with E-state index in [-0.39, 0.29) is 11.9 Å². The van der Waals surface area contributed by atoms with Gasteiger partial charge in [0.25, 0.3) is 5.91 Å². The molecule has 1 amide bonds. The number of hydrogen-bond donors (Lipinski definition) is 1. The van der Waals surface area contributed by atoms with Crippen molar-refractivity contribution in [3.05, 3.63) is 68.7 Å². The number of nitrogen functional groups attached to an aromatic ring is 1. The molecule has 5 rings (SSSR count). The standard InChI is InChI=1S/C21H18N4O2S2/c1-11-9-12(2)23-20-17(11)18(22)19(29-20)21(26)25-14(15-5-3-7-27-15)10-13(24-25)16-6-4-8-28-16/h3-9,14H,10,22H2,1-2H3/t14-/m1/s1. The molecular weight excluding hydrogens is 404 g/mol. The quantitative estimate of drug-likeness (QED) is 0.495. The van der Waals surface area contributed by atoms with Gasteiger partial charge in [0.2, 0.25) is 0 Å². The van der Waals surface area contributed by atoms with Gasteiger partial charge in [-0.3, -0.25) is 4.79 Å². The van der Waals surface area contributed by atoms with E-state index in [1.807, 2.05) is 49.6 Å². The van der Waals surface area contributed by atoms with Crippen molar-refractivity contribution < 1.29 is 9.21 Å². The molecule has 0 aliphatic carbocycles. The molecule has 0 bridgehead atoms. The number of hydrazone groups is 1. The van der Waals surface area contributed by atoms with Crippen LogP contribution in [0, 0.1) is 13.8 Å². The van der Waals surface area contributed by atoms with Crippen molar-refractivity contribution in [3.63, 3.8) is 0 Å². The molecule has 0 fully saturated rings. The van der Waals surface area contributed by atoms with E-state index in [2.05, 4.69) is 10.1 Å². The van der Waals surface area contributed by atoms with E-state index in [1.165, 1.54) is 16.3 Å². The Morgan fingerprint density at radius 3 is 2.90 bits per heavy atom. The molecule has 1 aliphatic heterocycles. The molecule has 0 spiro atoms. The zero-order valence-corrected chi connectivity index (χ0v) is 17.5. The number of fused-ring (bicyclic) bond motifs is 1. The first-order chi connectivity index (χ1) is 14.0. The molecular formula is C21H18N4O2S2. The largest absolute Gasteiger partial charge is 0.467 e. The van der Waals surface area contributed by atoms with Crippen molar-refractivity contribution in [1.29, 1.82) is 0 Å². The third-order valence-electron chi connectivity index (χ3n) is 5.01. The number of nitrogens with zero attached hydrogens (tertiary/aromatic N) is 3. The van der Waals surface area contributed by atoms with Crippen LogP contribution in [0.1, 0.15) is 44.0 Å². The Morgan fingerprint density at radius 1 is 1.31 bits per heavy atom. The Labute approximate surface area is 175 Å². The number of aryl methyl sites for hydroxylation is 2. The molecule has 6 nitrogen and oxygen atoms in total. The Hall–Kier alpha value is -2.97. The van der Waals surface area contributed by atoms with Gasteiger partial charge in [0.05, 0.1) is 22.5 Å². The molecule has 0 radical (unpaired) electrons. The molecule has 0 unspecified atom stereocenters.